The van der Waals surface area contributed by atoms with Crippen LogP contribution in [0, 0.1) is 0 Å². The fourth-order valence-corrected chi connectivity index (χ4v) is 2.95. The fraction of sp³-hybridized carbons (Fsp3) is 0.235. The largest absolute Gasteiger partial charge is 0.347 e. The van der Waals surface area contributed by atoms with Crippen LogP contribution in [-0.4, -0.2) is 36.9 Å². The number of fused-ring (bicyclic) bond motifs is 1. The molecule has 0 unspecified atom stereocenters. The SMILES string of the molecule is Cn1cccc1C(=O)N1CCc2nc(-c3cccnc3)[nH]c2C1. The lowest BCUT2D eigenvalue weighted by molar-refractivity contribution is 0.0722. The van der Waals surface area contributed by atoms with Crippen LogP contribution in [-0.2, 0) is 20.0 Å². The van der Waals surface area contributed by atoms with Crippen LogP contribution in [0.15, 0.2) is 42.9 Å². The normalized spacial score (nSPS) is 13.9. The number of hydrogen-bond donors (Lipinski definition) is 1. The van der Waals surface area contributed by atoms with E-state index in [1.54, 1.807) is 12.4 Å². The third-order valence-electron chi connectivity index (χ3n) is 4.22. The molecule has 6 heteroatoms. The van der Waals surface area contributed by atoms with Gasteiger partial charge < -0.3 is 14.5 Å². The third kappa shape index (κ3) is 2.42. The molecule has 0 saturated heterocycles. The van der Waals surface area contributed by atoms with Crippen LogP contribution in [0.25, 0.3) is 11.4 Å². The van der Waals surface area contributed by atoms with Crippen LogP contribution in [0.5, 0.6) is 0 Å². The molecule has 4 rings (SSSR count). The highest BCUT2D eigenvalue weighted by atomic mass is 16.2. The van der Waals surface area contributed by atoms with Crippen LogP contribution in [0.2, 0.25) is 0 Å². The Bertz CT molecular complexity index is 849. The average molecular weight is 307 g/mol. The molecule has 1 aliphatic heterocycles. The summed E-state index contributed by atoms with van der Waals surface area (Å²) >= 11 is 0. The van der Waals surface area contributed by atoms with Gasteiger partial charge in [0.2, 0.25) is 0 Å². The number of nitrogens with zero attached hydrogens (tertiary/aromatic N) is 4. The Labute approximate surface area is 133 Å². The molecule has 0 spiro atoms. The maximum atomic E-state index is 12.6. The highest BCUT2D eigenvalue weighted by Crippen LogP contribution is 2.23. The first-order chi connectivity index (χ1) is 11.2. The Balaban J connectivity index is 1.59. The van der Waals surface area contributed by atoms with Crippen molar-refractivity contribution in [1.29, 1.82) is 0 Å². The first kappa shape index (κ1) is 13.8. The van der Waals surface area contributed by atoms with Gasteiger partial charge in [0.1, 0.15) is 11.5 Å². The number of carbonyl (C=O) groups excluding carboxylic acids is 1. The Morgan fingerprint density at radius 3 is 2.96 bits per heavy atom. The number of imidazole rings is 1. The van der Waals surface area contributed by atoms with Crippen molar-refractivity contribution in [3.63, 3.8) is 0 Å². The molecule has 0 radical (unpaired) electrons. The minimum Gasteiger partial charge on any atom is -0.347 e. The highest BCUT2D eigenvalue weighted by molar-refractivity contribution is 5.92. The second-order valence-electron chi connectivity index (χ2n) is 5.73. The number of hydrogen-bond acceptors (Lipinski definition) is 3. The van der Waals surface area contributed by atoms with E-state index in [-0.39, 0.29) is 5.91 Å². The summed E-state index contributed by atoms with van der Waals surface area (Å²) in [5, 5.41) is 0. The van der Waals surface area contributed by atoms with E-state index in [1.807, 2.05) is 47.0 Å². The Morgan fingerprint density at radius 1 is 1.30 bits per heavy atom. The van der Waals surface area contributed by atoms with E-state index >= 15 is 0 Å². The van der Waals surface area contributed by atoms with E-state index in [2.05, 4.69) is 15.0 Å². The quantitative estimate of drug-likeness (QED) is 0.787. The molecule has 116 valence electrons. The second-order valence-corrected chi connectivity index (χ2v) is 5.73. The number of carbonyl (C=O) groups is 1. The molecular formula is C17H17N5O. The van der Waals surface area contributed by atoms with Crippen molar-refractivity contribution in [2.24, 2.45) is 7.05 Å². The van der Waals surface area contributed by atoms with Crippen LogP contribution >= 0.6 is 0 Å². The van der Waals surface area contributed by atoms with Gasteiger partial charge in [-0.15, -0.1) is 0 Å². The summed E-state index contributed by atoms with van der Waals surface area (Å²) in [6.45, 7) is 1.25. The third-order valence-corrected chi connectivity index (χ3v) is 4.22. The molecule has 1 amide bonds. The molecule has 0 bridgehead atoms. The Hall–Kier alpha value is -2.89. The lowest BCUT2D eigenvalue weighted by Crippen LogP contribution is -2.36. The van der Waals surface area contributed by atoms with E-state index in [0.29, 0.717) is 18.8 Å². The highest BCUT2D eigenvalue weighted by Gasteiger charge is 2.25. The van der Waals surface area contributed by atoms with Crippen molar-refractivity contribution in [1.82, 2.24) is 24.4 Å². The Morgan fingerprint density at radius 2 is 2.22 bits per heavy atom. The predicted octanol–water partition coefficient (Wildman–Crippen LogP) is 2.01. The first-order valence-corrected chi connectivity index (χ1v) is 7.61. The van der Waals surface area contributed by atoms with Gasteiger partial charge in [0.15, 0.2) is 0 Å². The fourth-order valence-electron chi connectivity index (χ4n) is 2.95. The predicted molar refractivity (Wildman–Crippen MR) is 85.7 cm³/mol. The Kier molecular flexibility index (Phi) is 3.22. The smallest absolute Gasteiger partial charge is 0.270 e. The number of aryl methyl sites for hydroxylation is 1. The van der Waals surface area contributed by atoms with Gasteiger partial charge in [0.25, 0.3) is 5.91 Å². The average Bonchev–Trinajstić information content (AvgIpc) is 3.20. The number of rotatable bonds is 2. The van der Waals surface area contributed by atoms with Gasteiger partial charge in [-0.3, -0.25) is 9.78 Å². The number of nitrogens with one attached hydrogen (secondary N) is 1. The van der Waals surface area contributed by atoms with Crippen molar-refractivity contribution in [3.05, 3.63) is 59.9 Å². The minimum atomic E-state index is 0.0562. The van der Waals surface area contributed by atoms with Gasteiger partial charge in [0.05, 0.1) is 17.9 Å². The molecule has 0 aliphatic carbocycles. The van der Waals surface area contributed by atoms with Crippen molar-refractivity contribution >= 4 is 5.91 Å². The van der Waals surface area contributed by atoms with E-state index in [1.165, 1.54) is 0 Å². The van der Waals surface area contributed by atoms with Gasteiger partial charge in [-0.25, -0.2) is 4.98 Å². The molecule has 1 aliphatic rings. The summed E-state index contributed by atoms with van der Waals surface area (Å²) < 4.78 is 1.85. The van der Waals surface area contributed by atoms with Crippen molar-refractivity contribution in [2.75, 3.05) is 6.54 Å². The van der Waals surface area contributed by atoms with Gasteiger partial charge in [-0.2, -0.15) is 0 Å². The molecule has 0 atom stereocenters. The zero-order valence-corrected chi connectivity index (χ0v) is 12.9. The number of amides is 1. The number of aromatic amines is 1. The molecular weight excluding hydrogens is 290 g/mol. The van der Waals surface area contributed by atoms with Crippen molar-refractivity contribution in [2.45, 2.75) is 13.0 Å². The summed E-state index contributed by atoms with van der Waals surface area (Å²) in [6, 6.07) is 7.61. The maximum absolute atomic E-state index is 12.6. The van der Waals surface area contributed by atoms with E-state index in [9.17, 15) is 4.79 Å². The zero-order valence-electron chi connectivity index (χ0n) is 12.9. The molecule has 0 aromatic carbocycles. The standard InChI is InChI=1S/C17H17N5O/c1-21-8-3-5-15(21)17(23)22-9-6-13-14(11-22)20-16(19-13)12-4-2-7-18-10-12/h2-5,7-8,10H,6,9,11H2,1H3,(H,19,20). The number of pyridine rings is 1. The first-order valence-electron chi connectivity index (χ1n) is 7.61. The zero-order chi connectivity index (χ0) is 15.8. The number of aromatic nitrogens is 4. The van der Waals surface area contributed by atoms with Gasteiger partial charge in [-0.05, 0) is 24.3 Å². The monoisotopic (exact) mass is 307 g/mol. The summed E-state index contributed by atoms with van der Waals surface area (Å²) in [5.74, 6) is 0.872. The molecule has 3 aromatic heterocycles. The summed E-state index contributed by atoms with van der Waals surface area (Å²) in [5.41, 5.74) is 3.72. The van der Waals surface area contributed by atoms with Gasteiger partial charge in [0, 0.05) is 44.2 Å². The van der Waals surface area contributed by atoms with E-state index in [4.69, 9.17) is 0 Å². The van der Waals surface area contributed by atoms with Crippen LogP contribution in [0.1, 0.15) is 21.9 Å². The summed E-state index contributed by atoms with van der Waals surface area (Å²) in [4.78, 5) is 26.6. The molecule has 6 nitrogen and oxygen atoms in total. The molecule has 23 heavy (non-hydrogen) atoms. The molecule has 0 fully saturated rings. The van der Waals surface area contributed by atoms with Crippen molar-refractivity contribution in [3.8, 4) is 11.4 Å². The van der Waals surface area contributed by atoms with Gasteiger partial charge in [-0.1, -0.05) is 0 Å². The molecule has 0 saturated carbocycles. The topological polar surface area (TPSA) is 66.8 Å². The number of H-pyrrole nitrogens is 1. The van der Waals surface area contributed by atoms with Crippen molar-refractivity contribution < 1.29 is 4.79 Å². The molecule has 1 N–H and O–H groups in total. The van der Waals surface area contributed by atoms with Crippen LogP contribution < -0.4 is 0 Å². The van der Waals surface area contributed by atoms with Crippen LogP contribution in [0.3, 0.4) is 0 Å². The maximum Gasteiger partial charge on any atom is 0.270 e. The molecule has 3 aromatic rings. The second kappa shape index (κ2) is 5.39. The van der Waals surface area contributed by atoms with Crippen LogP contribution in [0.4, 0.5) is 0 Å². The van der Waals surface area contributed by atoms with E-state index < -0.39 is 0 Å². The summed E-state index contributed by atoms with van der Waals surface area (Å²) in [6.07, 6.45) is 6.19. The lowest BCUT2D eigenvalue weighted by Gasteiger charge is -2.26. The molecule has 4 heterocycles. The minimum absolute atomic E-state index is 0.0562. The summed E-state index contributed by atoms with van der Waals surface area (Å²) in [7, 11) is 1.89. The lowest BCUT2D eigenvalue weighted by atomic mass is 10.1. The van der Waals surface area contributed by atoms with Gasteiger partial charge >= 0.3 is 0 Å². The van der Waals surface area contributed by atoms with E-state index in [0.717, 1.165) is 29.2 Å².